The minimum absolute atomic E-state index is 0.0570. The Morgan fingerprint density at radius 3 is 2.58 bits per heavy atom. The largest absolute Gasteiger partial charge is 0.382 e. The van der Waals surface area contributed by atoms with Crippen molar-refractivity contribution in [2.45, 2.75) is 20.3 Å². The highest BCUT2D eigenvalue weighted by atomic mass is 35.5. The molecular weight excluding hydrogens is 503 g/mol. The van der Waals surface area contributed by atoms with Crippen LogP contribution in [0.25, 0.3) is 22.3 Å². The molecule has 1 N–H and O–H groups in total. The lowest BCUT2D eigenvalue weighted by Crippen LogP contribution is -2.10. The van der Waals surface area contributed by atoms with Crippen LogP contribution < -0.4 is 10.8 Å². The highest BCUT2D eigenvalue weighted by molar-refractivity contribution is 7.70. The fourth-order valence-electron chi connectivity index (χ4n) is 3.75. The van der Waals surface area contributed by atoms with Crippen molar-refractivity contribution < 1.29 is 13.3 Å². The second-order valence-corrected chi connectivity index (χ2v) is 12.2. The highest BCUT2D eigenvalue weighted by Gasteiger charge is 2.20. The van der Waals surface area contributed by atoms with E-state index in [-0.39, 0.29) is 18.7 Å². The minimum atomic E-state index is -2.56. The van der Waals surface area contributed by atoms with Crippen LogP contribution in [-0.2, 0) is 11.0 Å². The summed E-state index contributed by atoms with van der Waals surface area (Å²) in [6.45, 7) is 5.49. The Kier molecular flexibility index (Phi) is 7.35. The van der Waals surface area contributed by atoms with Gasteiger partial charge in [-0.3, -0.25) is 4.98 Å². The molecule has 0 amide bonds. The summed E-state index contributed by atoms with van der Waals surface area (Å²) in [5.74, 6) is -0.987. The number of rotatable bonds is 7. The topological polar surface area (TPSA) is 91.6 Å². The zero-order valence-electron chi connectivity index (χ0n) is 19.9. The first-order valence-corrected chi connectivity index (χ1v) is 14.0. The third kappa shape index (κ3) is 5.09. The van der Waals surface area contributed by atoms with Crippen molar-refractivity contribution in [2.24, 2.45) is 0 Å². The van der Waals surface area contributed by atoms with Crippen LogP contribution in [0.1, 0.15) is 23.7 Å². The number of benzene rings is 1. The maximum absolute atomic E-state index is 15.1. The van der Waals surface area contributed by atoms with E-state index >= 15 is 4.39 Å². The van der Waals surface area contributed by atoms with Crippen molar-refractivity contribution in [3.8, 4) is 17.3 Å². The average Bonchev–Trinajstić information content (AvgIpc) is 2.87. The standard InChI is InChI=1S/C26H23ClF2N5OP/c1-4-36(3,35)22-8-6-18(14-32-22)24-20(29)12-21-25(34-24)26(23(27)15(2)33-21)31-10-9-17-11-16(13-30)5-7-19(17)28/h5-8,11-12,14H,4,9-10H2,1-3H3,(H,31,33). The zero-order chi connectivity index (χ0) is 26.0. The van der Waals surface area contributed by atoms with Crippen molar-refractivity contribution in [3.63, 3.8) is 0 Å². The molecule has 3 heterocycles. The molecule has 1 unspecified atom stereocenters. The van der Waals surface area contributed by atoms with E-state index in [0.29, 0.717) is 55.7 Å². The number of nitrogens with one attached hydrogen (secondary N) is 1. The van der Waals surface area contributed by atoms with Crippen LogP contribution in [0.5, 0.6) is 0 Å². The van der Waals surface area contributed by atoms with Gasteiger partial charge in [0.25, 0.3) is 0 Å². The molecule has 1 aromatic carbocycles. The highest BCUT2D eigenvalue weighted by Crippen LogP contribution is 2.39. The zero-order valence-corrected chi connectivity index (χ0v) is 21.6. The molecule has 184 valence electrons. The Balaban J connectivity index is 1.70. The first-order valence-electron chi connectivity index (χ1n) is 11.3. The van der Waals surface area contributed by atoms with E-state index in [2.05, 4.69) is 20.3 Å². The number of anilines is 1. The third-order valence-corrected chi connectivity index (χ3v) is 8.90. The van der Waals surface area contributed by atoms with E-state index in [4.69, 9.17) is 16.9 Å². The minimum Gasteiger partial charge on any atom is -0.382 e. The van der Waals surface area contributed by atoms with E-state index in [1.165, 1.54) is 30.5 Å². The summed E-state index contributed by atoms with van der Waals surface area (Å²) in [7, 11) is -2.56. The maximum Gasteiger partial charge on any atom is 0.151 e. The molecule has 0 aliphatic rings. The number of pyridine rings is 3. The molecule has 6 nitrogen and oxygen atoms in total. The number of nitrogens with zero attached hydrogens (tertiary/aromatic N) is 4. The van der Waals surface area contributed by atoms with E-state index < -0.39 is 18.8 Å². The third-order valence-electron chi connectivity index (χ3n) is 6.00. The Morgan fingerprint density at radius 1 is 1.14 bits per heavy atom. The van der Waals surface area contributed by atoms with Crippen molar-refractivity contribution in [1.82, 2.24) is 15.0 Å². The number of halogens is 3. The molecular formula is C26H23ClF2N5OP. The summed E-state index contributed by atoms with van der Waals surface area (Å²) in [5, 5.41) is 12.6. The molecule has 0 saturated carbocycles. The molecule has 0 radical (unpaired) electrons. The number of nitriles is 1. The summed E-state index contributed by atoms with van der Waals surface area (Å²) < 4.78 is 41.9. The molecule has 0 bridgehead atoms. The number of aryl methyl sites for hydroxylation is 1. The Bertz CT molecular complexity index is 1550. The second-order valence-electron chi connectivity index (χ2n) is 8.49. The molecule has 0 aliphatic heterocycles. The first-order chi connectivity index (χ1) is 17.1. The molecule has 0 fully saturated rings. The lowest BCUT2D eigenvalue weighted by molar-refractivity contribution is 0.585. The van der Waals surface area contributed by atoms with Gasteiger partial charge in [0.1, 0.15) is 24.2 Å². The summed E-state index contributed by atoms with van der Waals surface area (Å²) >= 11 is 6.54. The molecule has 4 rings (SSSR count). The number of hydrogen-bond acceptors (Lipinski definition) is 6. The van der Waals surface area contributed by atoms with Crippen molar-refractivity contribution >= 4 is 40.9 Å². The Labute approximate surface area is 212 Å². The van der Waals surface area contributed by atoms with Crippen LogP contribution in [0.4, 0.5) is 14.5 Å². The van der Waals surface area contributed by atoms with Gasteiger partial charge in [-0.05, 0) is 55.9 Å². The van der Waals surface area contributed by atoms with Crippen molar-refractivity contribution in [3.05, 3.63) is 76.1 Å². The molecule has 36 heavy (non-hydrogen) atoms. The smallest absolute Gasteiger partial charge is 0.151 e. The van der Waals surface area contributed by atoms with E-state index in [1.807, 2.05) is 13.0 Å². The second kappa shape index (κ2) is 10.3. The van der Waals surface area contributed by atoms with Crippen LogP contribution in [0, 0.1) is 29.9 Å². The summed E-state index contributed by atoms with van der Waals surface area (Å²) in [4.78, 5) is 13.2. The predicted octanol–water partition coefficient (Wildman–Crippen LogP) is 6.10. The fourth-order valence-corrected chi connectivity index (χ4v) is 4.97. The normalized spacial score (nSPS) is 12.8. The quantitative estimate of drug-likeness (QED) is 0.293. The SMILES string of the molecule is CCP(C)(=O)c1ccc(-c2nc3c(NCCc4cc(C#N)ccc4F)c(Cl)c(C)nc3cc2F)cn1. The Hall–Kier alpha value is -3.40. The number of aromatic nitrogens is 3. The van der Waals surface area contributed by atoms with Crippen LogP contribution in [0.15, 0.2) is 42.6 Å². The molecule has 0 saturated heterocycles. The molecule has 4 aromatic rings. The lowest BCUT2D eigenvalue weighted by atomic mass is 10.1. The molecule has 10 heteroatoms. The van der Waals surface area contributed by atoms with Gasteiger partial charge in [0.05, 0.1) is 39.0 Å². The van der Waals surface area contributed by atoms with Crippen molar-refractivity contribution in [1.29, 1.82) is 5.26 Å². The van der Waals surface area contributed by atoms with Crippen LogP contribution in [0.3, 0.4) is 0 Å². The molecule has 3 aromatic heterocycles. The van der Waals surface area contributed by atoms with Gasteiger partial charge in [0, 0.05) is 30.5 Å². The molecule has 1 atom stereocenters. The van der Waals surface area contributed by atoms with E-state index in [0.717, 1.165) is 0 Å². The Morgan fingerprint density at radius 2 is 1.92 bits per heavy atom. The van der Waals surface area contributed by atoms with Crippen LogP contribution in [-0.4, -0.2) is 34.3 Å². The van der Waals surface area contributed by atoms with Gasteiger partial charge < -0.3 is 9.88 Å². The van der Waals surface area contributed by atoms with Crippen LogP contribution in [0.2, 0.25) is 5.02 Å². The van der Waals surface area contributed by atoms with E-state index in [9.17, 15) is 8.96 Å². The monoisotopic (exact) mass is 525 g/mol. The van der Waals surface area contributed by atoms with Gasteiger partial charge in [0.15, 0.2) is 5.82 Å². The van der Waals surface area contributed by atoms with Gasteiger partial charge in [0.2, 0.25) is 0 Å². The number of hydrogen-bond donors (Lipinski definition) is 1. The summed E-state index contributed by atoms with van der Waals surface area (Å²) in [6.07, 6.45) is 2.22. The van der Waals surface area contributed by atoms with Crippen molar-refractivity contribution in [2.75, 3.05) is 24.7 Å². The van der Waals surface area contributed by atoms with Crippen LogP contribution >= 0.6 is 18.7 Å². The van der Waals surface area contributed by atoms with Gasteiger partial charge in [-0.15, -0.1) is 0 Å². The van der Waals surface area contributed by atoms with Gasteiger partial charge in [-0.25, -0.2) is 18.7 Å². The summed E-state index contributed by atoms with van der Waals surface area (Å²) in [6, 6.07) is 10.8. The number of fused-ring (bicyclic) bond motifs is 1. The van der Waals surface area contributed by atoms with Gasteiger partial charge in [-0.2, -0.15) is 5.26 Å². The first kappa shape index (κ1) is 25.7. The molecule has 0 spiro atoms. The predicted molar refractivity (Wildman–Crippen MR) is 139 cm³/mol. The average molecular weight is 526 g/mol. The van der Waals surface area contributed by atoms with E-state index in [1.54, 1.807) is 25.7 Å². The van der Waals surface area contributed by atoms with Gasteiger partial charge in [-0.1, -0.05) is 18.5 Å². The summed E-state index contributed by atoms with van der Waals surface area (Å²) in [5.41, 5.74) is 3.32. The van der Waals surface area contributed by atoms with Gasteiger partial charge >= 0.3 is 0 Å². The maximum atomic E-state index is 15.1. The molecule has 0 aliphatic carbocycles. The lowest BCUT2D eigenvalue weighted by Gasteiger charge is -2.15. The fraction of sp³-hybridized carbons (Fsp3) is 0.231.